The average Bonchev–Trinajstić information content (AvgIpc) is 3.20. The van der Waals surface area contributed by atoms with Crippen molar-refractivity contribution in [3.63, 3.8) is 0 Å². The summed E-state index contributed by atoms with van der Waals surface area (Å²) in [6, 6.07) is 13.8. The normalized spacial score (nSPS) is 17.1. The van der Waals surface area contributed by atoms with E-state index in [2.05, 4.69) is 45.0 Å². The Morgan fingerprint density at radius 1 is 1.20 bits per heavy atom. The van der Waals surface area contributed by atoms with Crippen molar-refractivity contribution in [2.24, 2.45) is 0 Å². The third-order valence-electron chi connectivity index (χ3n) is 3.57. The Balaban J connectivity index is 1.83. The number of aryl methyl sites for hydroxylation is 3. The minimum Gasteiger partial charge on any atom is -0.491 e. The summed E-state index contributed by atoms with van der Waals surface area (Å²) in [6.07, 6.45) is 0.297. The Morgan fingerprint density at radius 2 is 1.90 bits per heavy atom. The van der Waals surface area contributed by atoms with Gasteiger partial charge in [0.1, 0.15) is 18.5 Å². The first-order valence-corrected chi connectivity index (χ1v) is 6.98. The van der Waals surface area contributed by atoms with Crippen LogP contribution in [0.5, 0.6) is 5.75 Å². The maximum Gasteiger partial charge on any atom is 0.119 e. The van der Waals surface area contributed by atoms with Gasteiger partial charge in [0, 0.05) is 0 Å². The van der Waals surface area contributed by atoms with Crippen molar-refractivity contribution >= 4 is 0 Å². The van der Waals surface area contributed by atoms with Crippen LogP contribution in [-0.4, -0.2) is 19.3 Å². The van der Waals surface area contributed by atoms with E-state index in [1.807, 2.05) is 12.1 Å². The van der Waals surface area contributed by atoms with Crippen molar-refractivity contribution in [3.05, 3.63) is 53.1 Å². The highest BCUT2D eigenvalue weighted by Gasteiger charge is 2.22. The van der Waals surface area contributed by atoms with E-state index in [-0.39, 0.29) is 0 Å². The van der Waals surface area contributed by atoms with Gasteiger partial charge in [0.05, 0.1) is 6.61 Å². The Bertz CT molecular complexity index is 587. The second-order valence-electron chi connectivity index (χ2n) is 5.43. The predicted molar refractivity (Wildman–Crippen MR) is 80.2 cm³/mol. The summed E-state index contributed by atoms with van der Waals surface area (Å²) in [5.41, 5.74) is 6.16. The van der Waals surface area contributed by atoms with E-state index in [0.29, 0.717) is 12.7 Å². The smallest absolute Gasteiger partial charge is 0.119 e. The largest absolute Gasteiger partial charge is 0.491 e. The van der Waals surface area contributed by atoms with Gasteiger partial charge in [-0.3, -0.25) is 0 Å². The Kier molecular flexibility index (Phi) is 3.49. The molecule has 2 aromatic rings. The first kappa shape index (κ1) is 13.2. The van der Waals surface area contributed by atoms with Crippen LogP contribution in [0.2, 0.25) is 0 Å². The molecular weight excluding hydrogens is 248 g/mol. The van der Waals surface area contributed by atoms with E-state index in [9.17, 15) is 0 Å². The lowest BCUT2D eigenvalue weighted by Crippen LogP contribution is -2.03. The number of benzene rings is 2. The summed E-state index contributed by atoms with van der Waals surface area (Å²) in [4.78, 5) is 0. The molecule has 1 atom stereocenters. The van der Waals surface area contributed by atoms with Crippen LogP contribution in [0.25, 0.3) is 11.1 Å². The highest BCUT2D eigenvalue weighted by Crippen LogP contribution is 2.29. The van der Waals surface area contributed by atoms with Crippen LogP contribution in [0, 0.1) is 26.8 Å². The van der Waals surface area contributed by atoms with E-state index >= 15 is 0 Å². The van der Waals surface area contributed by atoms with Crippen LogP contribution in [0.3, 0.4) is 0 Å². The van der Waals surface area contributed by atoms with E-state index in [0.717, 1.165) is 12.4 Å². The van der Waals surface area contributed by atoms with E-state index in [1.54, 1.807) is 0 Å². The summed E-state index contributed by atoms with van der Waals surface area (Å²) >= 11 is 0. The molecule has 103 valence electrons. The number of ether oxygens (including phenoxy) is 2. The molecule has 3 rings (SSSR count). The van der Waals surface area contributed by atoms with Gasteiger partial charge < -0.3 is 9.47 Å². The maximum atomic E-state index is 5.67. The molecule has 0 spiro atoms. The molecule has 1 aliphatic heterocycles. The van der Waals surface area contributed by atoms with Gasteiger partial charge >= 0.3 is 0 Å². The minimum absolute atomic E-state index is 0.297. The van der Waals surface area contributed by atoms with E-state index in [1.165, 1.54) is 27.8 Å². The van der Waals surface area contributed by atoms with Crippen molar-refractivity contribution in [2.45, 2.75) is 26.9 Å². The maximum absolute atomic E-state index is 5.67. The monoisotopic (exact) mass is 267 g/mol. The molecule has 0 bridgehead atoms. The Hall–Kier alpha value is -1.80. The van der Waals surface area contributed by atoms with Gasteiger partial charge in [0.2, 0.25) is 0 Å². The molecule has 1 fully saturated rings. The predicted octanol–water partition coefficient (Wildman–Crippen LogP) is 3.86. The summed E-state index contributed by atoms with van der Waals surface area (Å²) in [6.45, 7) is 7.83. The third-order valence-corrected chi connectivity index (χ3v) is 3.57. The molecule has 1 aliphatic rings. The van der Waals surface area contributed by atoms with E-state index < -0.39 is 0 Å². The van der Waals surface area contributed by atoms with E-state index in [4.69, 9.17) is 9.47 Å². The lowest BCUT2D eigenvalue weighted by atomic mass is 9.94. The first-order valence-electron chi connectivity index (χ1n) is 6.98. The second-order valence-corrected chi connectivity index (χ2v) is 5.43. The van der Waals surface area contributed by atoms with Crippen molar-refractivity contribution in [1.29, 1.82) is 0 Å². The number of epoxide rings is 1. The zero-order valence-electron chi connectivity index (χ0n) is 12.2. The van der Waals surface area contributed by atoms with Gasteiger partial charge in [-0.15, -0.1) is 0 Å². The molecule has 2 heteroatoms. The fourth-order valence-corrected chi connectivity index (χ4v) is 2.60. The van der Waals surface area contributed by atoms with Crippen molar-refractivity contribution < 1.29 is 9.47 Å². The highest BCUT2D eigenvalue weighted by molar-refractivity contribution is 5.71. The highest BCUT2D eigenvalue weighted by atomic mass is 16.6. The van der Waals surface area contributed by atoms with Crippen molar-refractivity contribution in [1.82, 2.24) is 0 Å². The zero-order valence-corrected chi connectivity index (χ0v) is 12.2. The van der Waals surface area contributed by atoms with Crippen LogP contribution >= 0.6 is 0 Å². The van der Waals surface area contributed by atoms with Crippen molar-refractivity contribution in [3.8, 4) is 16.9 Å². The lowest BCUT2D eigenvalue weighted by Gasteiger charge is -2.12. The molecule has 0 saturated carbocycles. The molecule has 1 unspecified atom stereocenters. The molecular formula is C18H19O2. The lowest BCUT2D eigenvalue weighted by molar-refractivity contribution is 0.263. The van der Waals surface area contributed by atoms with Crippen LogP contribution < -0.4 is 4.74 Å². The second kappa shape index (κ2) is 5.29. The molecule has 1 saturated heterocycles. The SMILES string of the molecule is Cc1[c]c(C)c(-c2ccc(OCC3CO3)cc2)c(C)c1. The van der Waals surface area contributed by atoms with Gasteiger partial charge in [-0.1, -0.05) is 18.2 Å². The molecule has 0 aliphatic carbocycles. The number of hydrogen-bond acceptors (Lipinski definition) is 2. The van der Waals surface area contributed by atoms with Crippen LogP contribution in [-0.2, 0) is 4.74 Å². The fourth-order valence-electron chi connectivity index (χ4n) is 2.60. The third kappa shape index (κ3) is 2.86. The molecule has 1 radical (unpaired) electrons. The van der Waals surface area contributed by atoms with Crippen molar-refractivity contribution in [2.75, 3.05) is 13.2 Å². The first-order chi connectivity index (χ1) is 9.63. The zero-order chi connectivity index (χ0) is 14.1. The summed E-state index contributed by atoms with van der Waals surface area (Å²) in [5.74, 6) is 0.899. The topological polar surface area (TPSA) is 21.8 Å². The fraction of sp³-hybridized carbons (Fsp3) is 0.333. The standard InChI is InChI=1S/C18H19O2/c1-12-8-13(2)18(14(3)9-12)15-4-6-16(7-5-15)19-10-17-11-20-17/h4-8,17H,10-11H2,1-3H3. The van der Waals surface area contributed by atoms with Gasteiger partial charge in [0.25, 0.3) is 0 Å². The van der Waals surface area contributed by atoms with Gasteiger partial charge in [-0.25, -0.2) is 0 Å². The molecule has 0 aromatic heterocycles. The average molecular weight is 267 g/mol. The molecule has 2 aromatic carbocycles. The molecule has 20 heavy (non-hydrogen) atoms. The number of hydrogen-bond donors (Lipinski definition) is 0. The quantitative estimate of drug-likeness (QED) is 0.785. The minimum atomic E-state index is 0.297. The summed E-state index contributed by atoms with van der Waals surface area (Å²) in [5, 5.41) is 0. The Labute approximate surface area is 120 Å². The molecule has 0 N–H and O–H groups in total. The number of rotatable bonds is 4. The molecule has 0 amide bonds. The van der Waals surface area contributed by atoms with Crippen LogP contribution in [0.15, 0.2) is 30.3 Å². The summed E-state index contributed by atoms with van der Waals surface area (Å²) < 4.78 is 10.8. The van der Waals surface area contributed by atoms with Gasteiger partial charge in [0.15, 0.2) is 0 Å². The summed E-state index contributed by atoms with van der Waals surface area (Å²) in [7, 11) is 0. The van der Waals surface area contributed by atoms with Gasteiger partial charge in [-0.2, -0.15) is 0 Å². The van der Waals surface area contributed by atoms with Gasteiger partial charge in [-0.05, 0) is 66.8 Å². The van der Waals surface area contributed by atoms with Crippen LogP contribution in [0.1, 0.15) is 16.7 Å². The molecule has 1 heterocycles. The van der Waals surface area contributed by atoms with Crippen LogP contribution in [0.4, 0.5) is 0 Å². The Morgan fingerprint density at radius 3 is 2.50 bits per heavy atom. The molecule has 2 nitrogen and oxygen atoms in total.